The van der Waals surface area contributed by atoms with Gasteiger partial charge >= 0.3 is 0 Å². The van der Waals surface area contributed by atoms with Gasteiger partial charge in [-0.25, -0.2) is 4.39 Å². The molecule has 0 aromatic heterocycles. The fraction of sp³-hybridized carbons (Fsp3) is 0.227. The van der Waals surface area contributed by atoms with Crippen molar-refractivity contribution in [1.82, 2.24) is 10.2 Å². The van der Waals surface area contributed by atoms with Crippen LogP contribution in [-0.2, 0) is 9.59 Å². The lowest BCUT2D eigenvalue weighted by molar-refractivity contribution is -0.124. The summed E-state index contributed by atoms with van der Waals surface area (Å²) in [5.74, 6) is -0.920. The molecular formula is C22H21FN2O3S. The molecule has 2 aromatic carbocycles. The van der Waals surface area contributed by atoms with Crippen LogP contribution in [0.15, 0.2) is 59.5 Å². The van der Waals surface area contributed by atoms with Crippen LogP contribution in [-0.4, -0.2) is 35.0 Å². The Morgan fingerprint density at radius 1 is 1.14 bits per heavy atom. The smallest absolute Gasteiger partial charge is 0.293 e. The second kappa shape index (κ2) is 9.52. The number of carbonyl (C=O) groups excluding carboxylic acids is 3. The van der Waals surface area contributed by atoms with Crippen molar-refractivity contribution in [2.24, 2.45) is 0 Å². The molecule has 0 saturated carbocycles. The van der Waals surface area contributed by atoms with E-state index in [0.717, 1.165) is 27.8 Å². The second-order valence-electron chi connectivity index (χ2n) is 6.75. The van der Waals surface area contributed by atoms with E-state index in [4.69, 9.17) is 0 Å². The zero-order valence-corrected chi connectivity index (χ0v) is 16.7. The van der Waals surface area contributed by atoms with E-state index in [2.05, 4.69) is 5.32 Å². The molecule has 150 valence electrons. The standard InChI is InChI=1S/C22H21FN2O3S/c1-15(17-7-9-18(23)10-8-17)13-20(26)24-11-12-25-21(27)19(29-22(25)28)14-16-5-3-2-4-6-16/h2-10,14-15H,11-13H2,1H3,(H,24,26). The number of thioether (sulfide) groups is 1. The van der Waals surface area contributed by atoms with Gasteiger partial charge in [0.05, 0.1) is 4.91 Å². The number of carbonyl (C=O) groups is 3. The SMILES string of the molecule is CC(CC(=O)NCCN1C(=O)SC(=Cc2ccccc2)C1=O)c1ccc(F)cc1. The third-order valence-corrected chi connectivity index (χ3v) is 5.47. The van der Waals surface area contributed by atoms with Gasteiger partial charge < -0.3 is 5.32 Å². The van der Waals surface area contributed by atoms with Gasteiger partial charge in [0.2, 0.25) is 5.91 Å². The van der Waals surface area contributed by atoms with Gasteiger partial charge in [0.1, 0.15) is 5.82 Å². The van der Waals surface area contributed by atoms with Crippen molar-refractivity contribution < 1.29 is 18.8 Å². The van der Waals surface area contributed by atoms with Gasteiger partial charge in [0.25, 0.3) is 11.1 Å². The Bertz CT molecular complexity index is 929. The average molecular weight is 412 g/mol. The van der Waals surface area contributed by atoms with Crippen molar-refractivity contribution in [2.75, 3.05) is 13.1 Å². The highest BCUT2D eigenvalue weighted by Gasteiger charge is 2.34. The van der Waals surface area contributed by atoms with Gasteiger partial charge in [-0.05, 0) is 47.0 Å². The zero-order valence-electron chi connectivity index (χ0n) is 15.9. The summed E-state index contributed by atoms with van der Waals surface area (Å²) in [5, 5.41) is 2.40. The molecule has 3 amide bonds. The number of nitrogens with zero attached hydrogens (tertiary/aromatic N) is 1. The first kappa shape index (κ1) is 20.8. The number of hydrogen-bond acceptors (Lipinski definition) is 4. The Kier molecular flexibility index (Phi) is 6.82. The van der Waals surface area contributed by atoms with Crippen LogP contribution in [0.4, 0.5) is 9.18 Å². The molecule has 1 aliphatic rings. The lowest BCUT2D eigenvalue weighted by Gasteiger charge is -2.15. The molecule has 3 rings (SSSR count). The number of nitrogens with one attached hydrogen (secondary N) is 1. The normalized spacial score (nSPS) is 16.3. The van der Waals surface area contributed by atoms with Crippen LogP contribution in [0.25, 0.3) is 6.08 Å². The highest BCUT2D eigenvalue weighted by Crippen LogP contribution is 2.31. The number of benzene rings is 2. The topological polar surface area (TPSA) is 66.5 Å². The Morgan fingerprint density at radius 2 is 1.83 bits per heavy atom. The van der Waals surface area contributed by atoms with Gasteiger partial charge in [-0.2, -0.15) is 0 Å². The predicted octanol–water partition coefficient (Wildman–Crippen LogP) is 4.17. The molecular weight excluding hydrogens is 391 g/mol. The largest absolute Gasteiger partial charge is 0.354 e. The van der Waals surface area contributed by atoms with Crippen molar-refractivity contribution >= 4 is 34.9 Å². The van der Waals surface area contributed by atoms with Crippen LogP contribution >= 0.6 is 11.8 Å². The zero-order chi connectivity index (χ0) is 20.8. The monoisotopic (exact) mass is 412 g/mol. The van der Waals surface area contributed by atoms with E-state index in [-0.39, 0.29) is 48.3 Å². The van der Waals surface area contributed by atoms with E-state index in [1.807, 2.05) is 37.3 Å². The van der Waals surface area contributed by atoms with Gasteiger partial charge in [-0.15, -0.1) is 0 Å². The molecule has 0 radical (unpaired) electrons. The van der Waals surface area contributed by atoms with E-state index < -0.39 is 0 Å². The van der Waals surface area contributed by atoms with Crippen molar-refractivity contribution in [1.29, 1.82) is 0 Å². The van der Waals surface area contributed by atoms with E-state index in [0.29, 0.717) is 4.91 Å². The minimum atomic E-state index is -0.349. The maximum Gasteiger partial charge on any atom is 0.293 e. The first-order valence-electron chi connectivity index (χ1n) is 9.26. The second-order valence-corrected chi connectivity index (χ2v) is 7.74. The molecule has 1 unspecified atom stereocenters. The van der Waals surface area contributed by atoms with Gasteiger partial charge in [-0.3, -0.25) is 19.3 Å². The summed E-state index contributed by atoms with van der Waals surface area (Å²) in [6, 6.07) is 15.4. The third kappa shape index (κ3) is 5.54. The van der Waals surface area contributed by atoms with Crippen LogP contribution in [0.3, 0.4) is 0 Å². The number of hydrogen-bond donors (Lipinski definition) is 1. The molecule has 2 aromatic rings. The maximum absolute atomic E-state index is 13.0. The number of halogens is 1. The van der Waals surface area contributed by atoms with E-state index in [1.54, 1.807) is 18.2 Å². The van der Waals surface area contributed by atoms with Crippen LogP contribution < -0.4 is 5.32 Å². The van der Waals surface area contributed by atoms with E-state index in [1.165, 1.54) is 12.1 Å². The molecule has 1 saturated heterocycles. The minimum Gasteiger partial charge on any atom is -0.354 e. The summed E-state index contributed by atoms with van der Waals surface area (Å²) >= 11 is 0.900. The third-order valence-electron chi connectivity index (χ3n) is 4.56. The molecule has 1 heterocycles. The Labute approximate surface area is 173 Å². The number of amides is 3. The fourth-order valence-corrected chi connectivity index (χ4v) is 3.82. The molecule has 0 aliphatic carbocycles. The van der Waals surface area contributed by atoms with Gasteiger partial charge in [-0.1, -0.05) is 49.4 Å². The minimum absolute atomic E-state index is 0.0679. The molecule has 5 nitrogen and oxygen atoms in total. The maximum atomic E-state index is 13.0. The van der Waals surface area contributed by atoms with Crippen LogP contribution in [0.2, 0.25) is 0 Å². The first-order chi connectivity index (χ1) is 13.9. The lowest BCUT2D eigenvalue weighted by Crippen LogP contribution is -2.37. The Balaban J connectivity index is 1.49. The summed E-state index contributed by atoms with van der Waals surface area (Å²) in [7, 11) is 0. The summed E-state index contributed by atoms with van der Waals surface area (Å²) < 4.78 is 13.0. The van der Waals surface area contributed by atoms with Crippen LogP contribution in [0.1, 0.15) is 30.4 Å². The summed E-state index contributed by atoms with van der Waals surface area (Å²) in [5.41, 5.74) is 1.72. The Hall–Kier alpha value is -2.93. The highest BCUT2D eigenvalue weighted by molar-refractivity contribution is 8.18. The lowest BCUT2D eigenvalue weighted by atomic mass is 9.97. The molecule has 1 N–H and O–H groups in total. The van der Waals surface area contributed by atoms with Gasteiger partial charge in [0.15, 0.2) is 0 Å². The van der Waals surface area contributed by atoms with Crippen molar-refractivity contribution in [3.05, 3.63) is 76.4 Å². The number of rotatable bonds is 7. The number of imide groups is 1. The quantitative estimate of drug-likeness (QED) is 0.693. The molecule has 1 aliphatic heterocycles. The van der Waals surface area contributed by atoms with E-state index >= 15 is 0 Å². The molecule has 29 heavy (non-hydrogen) atoms. The summed E-state index contributed by atoms with van der Waals surface area (Å²) in [6.07, 6.45) is 1.93. The highest BCUT2D eigenvalue weighted by atomic mass is 32.2. The Morgan fingerprint density at radius 3 is 2.52 bits per heavy atom. The van der Waals surface area contributed by atoms with Gasteiger partial charge in [0, 0.05) is 19.5 Å². The summed E-state index contributed by atoms with van der Waals surface area (Å²) in [4.78, 5) is 38.3. The molecule has 1 atom stereocenters. The average Bonchev–Trinajstić information content (AvgIpc) is 2.96. The van der Waals surface area contributed by atoms with Crippen LogP contribution in [0.5, 0.6) is 0 Å². The summed E-state index contributed by atoms with van der Waals surface area (Å²) in [6.45, 7) is 2.19. The van der Waals surface area contributed by atoms with E-state index in [9.17, 15) is 18.8 Å². The van der Waals surface area contributed by atoms with Crippen molar-refractivity contribution in [3.63, 3.8) is 0 Å². The molecule has 0 spiro atoms. The molecule has 0 bridgehead atoms. The first-order valence-corrected chi connectivity index (χ1v) is 10.1. The van der Waals surface area contributed by atoms with Crippen LogP contribution in [0, 0.1) is 5.82 Å². The van der Waals surface area contributed by atoms with Crippen molar-refractivity contribution in [2.45, 2.75) is 19.3 Å². The molecule has 1 fully saturated rings. The molecule has 7 heteroatoms. The van der Waals surface area contributed by atoms with Crippen molar-refractivity contribution in [3.8, 4) is 0 Å². The fourth-order valence-electron chi connectivity index (χ4n) is 2.96. The predicted molar refractivity (Wildman–Crippen MR) is 112 cm³/mol.